The van der Waals surface area contributed by atoms with Gasteiger partial charge in [0.1, 0.15) is 0 Å². The van der Waals surface area contributed by atoms with Crippen LogP contribution in [-0.2, 0) is 0 Å². The number of nitrogens with zero attached hydrogens (tertiary/aromatic N) is 3. The van der Waals surface area contributed by atoms with Crippen LogP contribution in [0, 0.1) is 29.6 Å². The zero-order valence-electron chi connectivity index (χ0n) is 9.68. The molecule has 0 atom stereocenters. The molecule has 0 saturated carbocycles. The van der Waals surface area contributed by atoms with E-state index in [9.17, 15) is 4.79 Å². The third kappa shape index (κ3) is 4.06. The third-order valence-electron chi connectivity index (χ3n) is 2.30. The first kappa shape index (κ1) is 12.9. The van der Waals surface area contributed by atoms with Crippen LogP contribution < -0.4 is 0 Å². The number of ketones is 1. The molecular formula is C13H13N3O. The fourth-order valence-corrected chi connectivity index (χ4v) is 1.48. The smallest absolute Gasteiger partial charge is 0.176 e. The van der Waals surface area contributed by atoms with Gasteiger partial charge in [0, 0.05) is 5.56 Å². The molecule has 0 aliphatic rings. The van der Waals surface area contributed by atoms with Gasteiger partial charge >= 0.3 is 0 Å². The number of carbonyl (C=O) groups is 1. The molecule has 4 heteroatoms. The van der Waals surface area contributed by atoms with Crippen LogP contribution in [0.2, 0.25) is 0 Å². The van der Waals surface area contributed by atoms with Crippen molar-refractivity contribution >= 4 is 5.78 Å². The molecule has 0 fully saturated rings. The second kappa shape index (κ2) is 6.42. The molecule has 17 heavy (non-hydrogen) atoms. The van der Waals surface area contributed by atoms with E-state index in [0.717, 1.165) is 5.56 Å². The summed E-state index contributed by atoms with van der Waals surface area (Å²) in [4.78, 5) is 13.4. The summed E-state index contributed by atoms with van der Waals surface area (Å²) in [5, 5.41) is 17.2. The summed E-state index contributed by atoms with van der Waals surface area (Å²) in [7, 11) is 0. The zero-order valence-corrected chi connectivity index (χ0v) is 9.68. The summed E-state index contributed by atoms with van der Waals surface area (Å²) in [5.41, 5.74) is 1.63. The maximum absolute atomic E-state index is 11.9. The van der Waals surface area contributed by atoms with Crippen molar-refractivity contribution in [1.82, 2.24) is 4.90 Å². The van der Waals surface area contributed by atoms with Crippen LogP contribution in [0.25, 0.3) is 0 Å². The molecule has 86 valence electrons. The minimum atomic E-state index is -0.0702. The Morgan fingerprint density at radius 1 is 1.29 bits per heavy atom. The Bertz CT molecular complexity index is 466. The highest BCUT2D eigenvalue weighted by Gasteiger charge is 2.11. The van der Waals surface area contributed by atoms with Crippen molar-refractivity contribution < 1.29 is 4.79 Å². The van der Waals surface area contributed by atoms with Crippen molar-refractivity contribution in [3.8, 4) is 12.1 Å². The van der Waals surface area contributed by atoms with Gasteiger partial charge in [-0.3, -0.25) is 9.69 Å². The van der Waals surface area contributed by atoms with Gasteiger partial charge in [-0.1, -0.05) is 23.8 Å². The Labute approximate surface area is 101 Å². The summed E-state index contributed by atoms with van der Waals surface area (Å²) in [6.07, 6.45) is 0. The Balaban J connectivity index is 2.71. The van der Waals surface area contributed by atoms with Gasteiger partial charge in [0.05, 0.1) is 31.8 Å². The van der Waals surface area contributed by atoms with Crippen LogP contribution in [0.4, 0.5) is 0 Å². The molecule has 1 aromatic rings. The van der Waals surface area contributed by atoms with E-state index >= 15 is 0 Å². The Kier molecular flexibility index (Phi) is 4.87. The first-order chi connectivity index (χ1) is 8.17. The number of aryl methyl sites for hydroxylation is 1. The van der Waals surface area contributed by atoms with Crippen molar-refractivity contribution in [3.05, 3.63) is 35.4 Å². The van der Waals surface area contributed by atoms with Crippen LogP contribution in [0.3, 0.4) is 0 Å². The number of rotatable bonds is 5. The molecule has 0 unspecified atom stereocenters. The molecule has 0 aliphatic carbocycles. The van der Waals surface area contributed by atoms with Gasteiger partial charge in [0.2, 0.25) is 0 Å². The molecule has 0 bridgehead atoms. The van der Waals surface area contributed by atoms with Gasteiger partial charge in [-0.25, -0.2) is 0 Å². The van der Waals surface area contributed by atoms with Gasteiger partial charge < -0.3 is 0 Å². The van der Waals surface area contributed by atoms with E-state index in [4.69, 9.17) is 10.5 Å². The maximum atomic E-state index is 11.9. The van der Waals surface area contributed by atoms with Gasteiger partial charge in [0.25, 0.3) is 0 Å². The number of Topliss-reactive ketones (excluding diaryl/α,β-unsaturated/α-hetero) is 1. The van der Waals surface area contributed by atoms with Gasteiger partial charge in [0.15, 0.2) is 5.78 Å². The normalized spacial score (nSPS) is 9.65. The molecule has 0 N–H and O–H groups in total. The number of carbonyl (C=O) groups excluding carboxylic acids is 1. The van der Waals surface area contributed by atoms with E-state index in [0.29, 0.717) is 5.56 Å². The van der Waals surface area contributed by atoms with Crippen molar-refractivity contribution in [3.63, 3.8) is 0 Å². The van der Waals surface area contributed by atoms with E-state index in [1.165, 1.54) is 4.90 Å². The van der Waals surface area contributed by atoms with E-state index in [1.807, 2.05) is 31.2 Å². The Morgan fingerprint density at radius 2 is 1.94 bits per heavy atom. The topological polar surface area (TPSA) is 67.9 Å². The second-order valence-electron chi connectivity index (χ2n) is 3.75. The summed E-state index contributed by atoms with van der Waals surface area (Å²) in [5.74, 6) is -0.0702. The molecule has 0 aliphatic heterocycles. The molecule has 0 radical (unpaired) electrons. The summed E-state index contributed by atoms with van der Waals surface area (Å²) >= 11 is 0. The molecule has 0 aromatic heterocycles. The van der Waals surface area contributed by atoms with Gasteiger partial charge in [-0.2, -0.15) is 10.5 Å². The Hall–Kier alpha value is -2.17. The predicted octanol–water partition coefficient (Wildman–Crippen LogP) is 1.53. The molecule has 4 nitrogen and oxygen atoms in total. The first-order valence-electron chi connectivity index (χ1n) is 5.23. The second-order valence-corrected chi connectivity index (χ2v) is 3.75. The van der Waals surface area contributed by atoms with Crippen molar-refractivity contribution in [1.29, 1.82) is 10.5 Å². The maximum Gasteiger partial charge on any atom is 0.176 e. The van der Waals surface area contributed by atoms with Crippen molar-refractivity contribution in [2.24, 2.45) is 0 Å². The molecule has 1 rings (SSSR count). The van der Waals surface area contributed by atoms with Crippen LogP contribution in [0.5, 0.6) is 0 Å². The Morgan fingerprint density at radius 3 is 2.47 bits per heavy atom. The monoisotopic (exact) mass is 227 g/mol. The third-order valence-corrected chi connectivity index (χ3v) is 2.30. The quantitative estimate of drug-likeness (QED) is 0.565. The highest BCUT2D eigenvalue weighted by atomic mass is 16.1. The SMILES string of the molecule is Cc1cccc(C(=O)CN(CC#N)CC#N)c1. The number of hydrogen-bond donors (Lipinski definition) is 0. The van der Waals surface area contributed by atoms with Crippen LogP contribution in [0.1, 0.15) is 15.9 Å². The van der Waals surface area contributed by atoms with E-state index in [2.05, 4.69) is 0 Å². The highest BCUT2D eigenvalue weighted by molar-refractivity contribution is 5.97. The van der Waals surface area contributed by atoms with Crippen molar-refractivity contribution in [2.75, 3.05) is 19.6 Å². The lowest BCUT2D eigenvalue weighted by atomic mass is 10.1. The molecular weight excluding hydrogens is 214 g/mol. The summed E-state index contributed by atoms with van der Waals surface area (Å²) in [6, 6.07) is 11.2. The molecule has 0 heterocycles. The molecule has 0 amide bonds. The van der Waals surface area contributed by atoms with Crippen LogP contribution >= 0.6 is 0 Å². The van der Waals surface area contributed by atoms with E-state index in [1.54, 1.807) is 12.1 Å². The number of benzene rings is 1. The molecule has 0 spiro atoms. The summed E-state index contributed by atoms with van der Waals surface area (Å²) < 4.78 is 0. The fourth-order valence-electron chi connectivity index (χ4n) is 1.48. The van der Waals surface area contributed by atoms with Crippen molar-refractivity contribution in [2.45, 2.75) is 6.92 Å². The van der Waals surface area contributed by atoms with E-state index in [-0.39, 0.29) is 25.4 Å². The average Bonchev–Trinajstić information content (AvgIpc) is 2.29. The lowest BCUT2D eigenvalue weighted by Crippen LogP contribution is -2.30. The summed E-state index contributed by atoms with van der Waals surface area (Å²) in [6.45, 7) is 2.19. The fraction of sp³-hybridized carbons (Fsp3) is 0.308. The van der Waals surface area contributed by atoms with Crippen LogP contribution in [-0.4, -0.2) is 30.3 Å². The average molecular weight is 227 g/mol. The number of hydrogen-bond acceptors (Lipinski definition) is 4. The lowest BCUT2D eigenvalue weighted by molar-refractivity contribution is 0.0946. The zero-order chi connectivity index (χ0) is 12.7. The molecule has 0 saturated heterocycles. The first-order valence-corrected chi connectivity index (χ1v) is 5.23. The van der Waals surface area contributed by atoms with E-state index < -0.39 is 0 Å². The van der Waals surface area contributed by atoms with Gasteiger partial charge in [-0.05, 0) is 13.0 Å². The minimum Gasteiger partial charge on any atom is -0.293 e. The van der Waals surface area contributed by atoms with Gasteiger partial charge in [-0.15, -0.1) is 0 Å². The lowest BCUT2D eigenvalue weighted by Gasteiger charge is -2.13. The minimum absolute atomic E-state index is 0.0702. The largest absolute Gasteiger partial charge is 0.293 e. The standard InChI is InChI=1S/C13H13N3O/c1-11-3-2-4-12(9-11)13(17)10-16(7-5-14)8-6-15/h2-4,9H,7-8,10H2,1H3. The number of nitriles is 2. The predicted molar refractivity (Wildman–Crippen MR) is 63.2 cm³/mol. The van der Waals surface area contributed by atoms with Crippen LogP contribution in [0.15, 0.2) is 24.3 Å². The highest BCUT2D eigenvalue weighted by Crippen LogP contribution is 2.05. The molecule has 1 aromatic carbocycles.